The van der Waals surface area contributed by atoms with Gasteiger partial charge in [0.1, 0.15) is 24.5 Å². The Balaban J connectivity index is 1.33. The summed E-state index contributed by atoms with van der Waals surface area (Å²) in [5, 5.41) is 3.81. The number of fused-ring (bicyclic) bond motifs is 1. The van der Waals surface area contributed by atoms with Gasteiger partial charge in [-0.25, -0.2) is 9.59 Å². The summed E-state index contributed by atoms with van der Waals surface area (Å²) in [6.45, 7) is 0.202. The van der Waals surface area contributed by atoms with Gasteiger partial charge in [0.25, 0.3) is 0 Å². The monoisotopic (exact) mass is 526 g/mol. The first kappa shape index (κ1) is 25.7. The number of hydrogen-bond donors (Lipinski definition) is 2. The Hall–Kier alpha value is -4.96. The number of nitrogens with two attached hydrogens (primary N) is 1. The lowest BCUT2D eigenvalue weighted by Gasteiger charge is -2.23. The van der Waals surface area contributed by atoms with E-state index < -0.39 is 24.2 Å². The zero-order chi connectivity index (χ0) is 27.2. The number of carbonyl (C=O) groups excluding carboxylic acids is 3. The molecule has 2 atom stereocenters. The van der Waals surface area contributed by atoms with E-state index in [2.05, 4.69) is 15.1 Å². The molecule has 0 aliphatic carbocycles. The highest BCUT2D eigenvalue weighted by molar-refractivity contribution is 6.03. The number of rotatable bonds is 7. The van der Waals surface area contributed by atoms with E-state index in [0.717, 1.165) is 10.9 Å². The van der Waals surface area contributed by atoms with Gasteiger partial charge in [-0.2, -0.15) is 5.90 Å². The topological polar surface area (TPSA) is 133 Å². The van der Waals surface area contributed by atoms with Crippen LogP contribution in [0.1, 0.15) is 22.3 Å². The fourth-order valence-electron chi connectivity index (χ4n) is 4.49. The predicted octanol–water partition coefficient (Wildman–Crippen LogP) is 4.06. The fraction of sp³-hybridized carbons (Fsp3) is 0.172. The van der Waals surface area contributed by atoms with E-state index in [0.29, 0.717) is 17.0 Å². The normalized spacial score (nSPS) is 16.5. The number of aromatic nitrogens is 1. The molecule has 1 aromatic heterocycles. The Labute approximate surface area is 224 Å². The third-order valence-corrected chi connectivity index (χ3v) is 6.40. The van der Waals surface area contributed by atoms with E-state index in [-0.39, 0.29) is 31.0 Å². The summed E-state index contributed by atoms with van der Waals surface area (Å²) in [6, 6.07) is 23.9. The van der Waals surface area contributed by atoms with Crippen molar-refractivity contribution in [3.8, 4) is 5.75 Å². The van der Waals surface area contributed by atoms with Crippen molar-refractivity contribution in [1.82, 2.24) is 9.88 Å². The Morgan fingerprint density at radius 2 is 1.72 bits per heavy atom. The molecular formula is C29H26N4O6. The van der Waals surface area contributed by atoms with Crippen LogP contribution in [0.25, 0.3) is 10.9 Å². The molecule has 0 spiro atoms. The number of pyridine rings is 1. The van der Waals surface area contributed by atoms with Crippen molar-refractivity contribution in [2.75, 3.05) is 11.9 Å². The zero-order valence-electron chi connectivity index (χ0n) is 20.9. The summed E-state index contributed by atoms with van der Waals surface area (Å²) in [6.07, 6.45) is 0.769. The first-order valence-electron chi connectivity index (χ1n) is 12.3. The van der Waals surface area contributed by atoms with E-state index in [1.54, 1.807) is 24.4 Å². The van der Waals surface area contributed by atoms with Crippen LogP contribution in [0.3, 0.4) is 0 Å². The van der Waals surface area contributed by atoms with E-state index >= 15 is 0 Å². The quantitative estimate of drug-likeness (QED) is 0.345. The van der Waals surface area contributed by atoms with Gasteiger partial charge in [0.05, 0.1) is 23.3 Å². The van der Waals surface area contributed by atoms with Crippen molar-refractivity contribution in [2.24, 2.45) is 5.90 Å². The van der Waals surface area contributed by atoms with Crippen LogP contribution in [0.4, 0.5) is 10.5 Å². The van der Waals surface area contributed by atoms with Crippen LogP contribution in [0.5, 0.6) is 5.75 Å². The van der Waals surface area contributed by atoms with E-state index in [1.165, 1.54) is 17.0 Å². The van der Waals surface area contributed by atoms with E-state index in [1.807, 2.05) is 54.6 Å². The van der Waals surface area contributed by atoms with Crippen LogP contribution in [0, 0.1) is 0 Å². The van der Waals surface area contributed by atoms with Gasteiger partial charge in [0.15, 0.2) is 0 Å². The summed E-state index contributed by atoms with van der Waals surface area (Å²) in [4.78, 5) is 48.2. The van der Waals surface area contributed by atoms with Gasteiger partial charge in [0, 0.05) is 18.0 Å². The molecule has 2 amide bonds. The molecule has 0 bridgehead atoms. The van der Waals surface area contributed by atoms with Crippen LogP contribution in [0.15, 0.2) is 91.1 Å². The van der Waals surface area contributed by atoms with Gasteiger partial charge in [-0.15, -0.1) is 0 Å². The van der Waals surface area contributed by atoms with Crippen LogP contribution >= 0.6 is 0 Å². The molecule has 1 saturated heterocycles. The number of nitrogens with one attached hydrogen (secondary N) is 1. The van der Waals surface area contributed by atoms with Gasteiger partial charge in [-0.3, -0.25) is 14.7 Å². The molecule has 10 heteroatoms. The molecule has 1 aliphatic rings. The molecule has 1 aliphatic heterocycles. The third-order valence-electron chi connectivity index (χ3n) is 6.40. The summed E-state index contributed by atoms with van der Waals surface area (Å²) >= 11 is 0. The van der Waals surface area contributed by atoms with Crippen LogP contribution in [-0.4, -0.2) is 46.5 Å². The number of anilines is 1. The molecule has 4 aromatic rings. The second kappa shape index (κ2) is 11.6. The zero-order valence-corrected chi connectivity index (χ0v) is 20.9. The summed E-state index contributed by atoms with van der Waals surface area (Å²) in [7, 11) is 0. The lowest BCUT2D eigenvalue weighted by molar-refractivity contribution is -0.120. The molecule has 3 aromatic carbocycles. The predicted molar refractivity (Wildman–Crippen MR) is 143 cm³/mol. The minimum Gasteiger partial charge on any atom is -0.488 e. The van der Waals surface area contributed by atoms with Crippen LogP contribution in [0.2, 0.25) is 0 Å². The molecular weight excluding hydrogens is 500 g/mol. The van der Waals surface area contributed by atoms with Gasteiger partial charge in [0.2, 0.25) is 5.91 Å². The first-order chi connectivity index (χ1) is 19.0. The molecule has 0 unspecified atom stereocenters. The number of likely N-dealkylation sites (tertiary alicyclic amines) is 1. The first-order valence-corrected chi connectivity index (χ1v) is 12.3. The van der Waals surface area contributed by atoms with Gasteiger partial charge in [-0.1, -0.05) is 48.5 Å². The highest BCUT2D eigenvalue weighted by atomic mass is 16.7. The minimum atomic E-state index is -0.844. The largest absolute Gasteiger partial charge is 0.488 e. The summed E-state index contributed by atoms with van der Waals surface area (Å²) in [5.74, 6) is 4.35. The third kappa shape index (κ3) is 5.97. The molecule has 2 heterocycles. The SMILES string of the molecule is NOC(=O)c1ccc(O[C@H]2C[C@@H](C(=O)Nc3cccc4cccnc34)N(C(=O)OCc3ccccc3)C2)cc1. The van der Waals surface area contributed by atoms with E-state index in [4.69, 9.17) is 15.4 Å². The maximum atomic E-state index is 13.5. The van der Waals surface area contributed by atoms with Crippen molar-refractivity contribution >= 4 is 34.6 Å². The van der Waals surface area contributed by atoms with Gasteiger partial charge >= 0.3 is 12.1 Å². The van der Waals surface area contributed by atoms with Crippen molar-refractivity contribution in [2.45, 2.75) is 25.2 Å². The number of ether oxygens (including phenoxy) is 2. The second-order valence-electron chi connectivity index (χ2n) is 8.98. The molecule has 39 heavy (non-hydrogen) atoms. The lowest BCUT2D eigenvalue weighted by atomic mass is 10.1. The maximum Gasteiger partial charge on any atom is 0.410 e. The second-order valence-corrected chi connectivity index (χ2v) is 8.98. The number of benzene rings is 3. The van der Waals surface area contributed by atoms with Gasteiger partial charge < -0.3 is 19.6 Å². The molecule has 5 rings (SSSR count). The van der Waals surface area contributed by atoms with Crippen LogP contribution in [-0.2, 0) is 21.0 Å². The van der Waals surface area contributed by atoms with Crippen LogP contribution < -0.4 is 16.0 Å². The molecule has 198 valence electrons. The number of hydrogen-bond acceptors (Lipinski definition) is 8. The average Bonchev–Trinajstić information content (AvgIpc) is 3.40. The van der Waals surface area contributed by atoms with Crippen molar-refractivity contribution in [1.29, 1.82) is 0 Å². The number of carbonyl (C=O) groups is 3. The van der Waals surface area contributed by atoms with Gasteiger partial charge in [-0.05, 0) is 42.0 Å². The number of para-hydroxylation sites is 1. The van der Waals surface area contributed by atoms with E-state index in [9.17, 15) is 14.4 Å². The number of amides is 2. The summed E-state index contributed by atoms with van der Waals surface area (Å²) in [5.41, 5.74) is 2.29. The van der Waals surface area contributed by atoms with Crippen molar-refractivity contribution < 1.29 is 28.7 Å². The lowest BCUT2D eigenvalue weighted by Crippen LogP contribution is -2.43. The highest BCUT2D eigenvalue weighted by Crippen LogP contribution is 2.27. The smallest absolute Gasteiger partial charge is 0.410 e. The number of nitrogens with zero attached hydrogens (tertiary/aromatic N) is 2. The molecule has 0 saturated carbocycles. The molecule has 1 fully saturated rings. The minimum absolute atomic E-state index is 0.0714. The maximum absolute atomic E-state index is 13.5. The molecule has 3 N–H and O–H groups in total. The standard InChI is InChI=1S/C29H26N4O6/c30-39-28(35)21-11-13-22(14-12-21)38-23-16-25(33(17-23)29(36)37-18-19-6-2-1-3-7-19)27(34)32-24-10-4-8-20-9-5-15-31-26(20)24/h1-15,23,25H,16-18,30H2,(H,32,34)/t23-,25-/m0/s1. The highest BCUT2D eigenvalue weighted by Gasteiger charge is 2.42. The summed E-state index contributed by atoms with van der Waals surface area (Å²) < 4.78 is 11.6. The molecule has 0 radical (unpaired) electrons. The average molecular weight is 527 g/mol. The Bertz CT molecular complexity index is 1470. The molecule has 10 nitrogen and oxygen atoms in total. The van der Waals surface area contributed by atoms with Crippen molar-refractivity contribution in [3.63, 3.8) is 0 Å². The van der Waals surface area contributed by atoms with Crippen molar-refractivity contribution in [3.05, 3.63) is 102 Å². The Morgan fingerprint density at radius 3 is 2.49 bits per heavy atom. The Morgan fingerprint density at radius 1 is 0.949 bits per heavy atom. The fourth-order valence-corrected chi connectivity index (χ4v) is 4.49. The Kier molecular flexibility index (Phi) is 7.65.